The summed E-state index contributed by atoms with van der Waals surface area (Å²) in [4.78, 5) is 22.7. The zero-order chi connectivity index (χ0) is 15.0. The predicted molar refractivity (Wildman–Crippen MR) is 74.1 cm³/mol. The molecule has 0 aliphatic rings. The molecule has 0 spiro atoms. The highest BCUT2D eigenvalue weighted by atomic mass is 16.5. The van der Waals surface area contributed by atoms with E-state index >= 15 is 0 Å². The van der Waals surface area contributed by atoms with Crippen LogP contribution in [0.1, 0.15) is 25.8 Å². The van der Waals surface area contributed by atoms with E-state index in [-0.39, 0.29) is 25.4 Å². The molecule has 0 saturated carbocycles. The minimum Gasteiger partial charge on any atom is -0.493 e. The SMILES string of the molecule is CCOC(=O)CC(=O)COc1ccc(CC)cc1OC. The first-order chi connectivity index (χ1) is 9.60. The third-order valence-corrected chi connectivity index (χ3v) is 2.67. The van der Waals surface area contributed by atoms with E-state index in [1.807, 2.05) is 19.1 Å². The number of hydrogen-bond donors (Lipinski definition) is 0. The van der Waals surface area contributed by atoms with Crippen molar-refractivity contribution in [3.8, 4) is 11.5 Å². The summed E-state index contributed by atoms with van der Waals surface area (Å²) < 4.78 is 15.3. The molecule has 5 heteroatoms. The molecule has 1 aromatic carbocycles. The molecular weight excluding hydrogens is 260 g/mol. The van der Waals surface area contributed by atoms with Crippen LogP contribution in [0, 0.1) is 0 Å². The second-order valence-corrected chi connectivity index (χ2v) is 4.15. The van der Waals surface area contributed by atoms with E-state index in [2.05, 4.69) is 0 Å². The summed E-state index contributed by atoms with van der Waals surface area (Å²) in [5.74, 6) is 0.203. The van der Waals surface area contributed by atoms with Crippen molar-refractivity contribution in [3.05, 3.63) is 23.8 Å². The Morgan fingerprint density at radius 3 is 2.50 bits per heavy atom. The average molecular weight is 280 g/mol. The van der Waals surface area contributed by atoms with Gasteiger partial charge in [0, 0.05) is 0 Å². The molecule has 0 unspecified atom stereocenters. The lowest BCUT2D eigenvalue weighted by atomic mass is 10.1. The number of methoxy groups -OCH3 is 1. The Morgan fingerprint density at radius 2 is 1.90 bits per heavy atom. The Balaban J connectivity index is 2.56. The molecule has 0 fully saturated rings. The largest absolute Gasteiger partial charge is 0.493 e. The van der Waals surface area contributed by atoms with Crippen LogP contribution in [0.15, 0.2) is 18.2 Å². The van der Waals surface area contributed by atoms with E-state index in [1.54, 1.807) is 20.1 Å². The number of hydrogen-bond acceptors (Lipinski definition) is 5. The second-order valence-electron chi connectivity index (χ2n) is 4.15. The summed E-state index contributed by atoms with van der Waals surface area (Å²) in [7, 11) is 1.54. The van der Waals surface area contributed by atoms with E-state index in [9.17, 15) is 9.59 Å². The van der Waals surface area contributed by atoms with Crippen molar-refractivity contribution in [2.75, 3.05) is 20.3 Å². The van der Waals surface area contributed by atoms with Gasteiger partial charge in [-0.2, -0.15) is 0 Å². The molecule has 1 rings (SSSR count). The van der Waals surface area contributed by atoms with Gasteiger partial charge >= 0.3 is 5.97 Å². The number of Topliss-reactive ketones (excluding diaryl/α,β-unsaturated/α-hetero) is 1. The molecule has 0 saturated heterocycles. The molecule has 0 atom stereocenters. The topological polar surface area (TPSA) is 61.8 Å². The van der Waals surface area contributed by atoms with Gasteiger partial charge in [0.05, 0.1) is 13.7 Å². The van der Waals surface area contributed by atoms with Crippen molar-refractivity contribution in [1.29, 1.82) is 0 Å². The van der Waals surface area contributed by atoms with Gasteiger partial charge in [0.1, 0.15) is 13.0 Å². The first-order valence-corrected chi connectivity index (χ1v) is 6.57. The van der Waals surface area contributed by atoms with E-state index < -0.39 is 5.97 Å². The number of rotatable bonds is 8. The fourth-order valence-corrected chi connectivity index (χ4v) is 1.63. The standard InChI is InChI=1S/C15H20O5/c1-4-11-6-7-13(14(8-11)18-3)20-10-12(16)9-15(17)19-5-2/h6-8H,4-5,9-10H2,1-3H3. The summed E-state index contributed by atoms with van der Waals surface area (Å²) >= 11 is 0. The molecule has 0 amide bonds. The molecular formula is C15H20O5. The van der Waals surface area contributed by atoms with Crippen LogP contribution in [0.3, 0.4) is 0 Å². The van der Waals surface area contributed by atoms with Crippen LogP contribution in [0.25, 0.3) is 0 Å². The Morgan fingerprint density at radius 1 is 1.15 bits per heavy atom. The summed E-state index contributed by atoms with van der Waals surface area (Å²) in [6.45, 7) is 3.82. The van der Waals surface area contributed by atoms with Gasteiger partial charge < -0.3 is 14.2 Å². The maximum atomic E-state index is 11.6. The zero-order valence-electron chi connectivity index (χ0n) is 12.1. The zero-order valence-corrected chi connectivity index (χ0v) is 12.1. The summed E-state index contributed by atoms with van der Waals surface area (Å²) in [5, 5.41) is 0. The quantitative estimate of drug-likeness (QED) is 0.539. The number of benzene rings is 1. The fourth-order valence-electron chi connectivity index (χ4n) is 1.63. The number of carbonyl (C=O) groups is 2. The lowest BCUT2D eigenvalue weighted by Gasteiger charge is -2.11. The average Bonchev–Trinajstić information content (AvgIpc) is 2.45. The molecule has 0 aliphatic carbocycles. The van der Waals surface area contributed by atoms with Gasteiger partial charge in [-0.3, -0.25) is 9.59 Å². The van der Waals surface area contributed by atoms with Crippen LogP contribution in [0.4, 0.5) is 0 Å². The van der Waals surface area contributed by atoms with Crippen molar-refractivity contribution < 1.29 is 23.8 Å². The molecule has 5 nitrogen and oxygen atoms in total. The highest BCUT2D eigenvalue weighted by Gasteiger charge is 2.12. The van der Waals surface area contributed by atoms with Gasteiger partial charge in [0.25, 0.3) is 0 Å². The number of esters is 1. The van der Waals surface area contributed by atoms with Gasteiger partial charge in [-0.05, 0) is 31.0 Å². The third kappa shape index (κ3) is 4.91. The van der Waals surface area contributed by atoms with Gasteiger partial charge in [0.2, 0.25) is 0 Å². The molecule has 0 radical (unpaired) electrons. The van der Waals surface area contributed by atoms with Crippen molar-refractivity contribution in [2.24, 2.45) is 0 Å². The number of carbonyl (C=O) groups excluding carboxylic acids is 2. The van der Waals surface area contributed by atoms with Crippen LogP contribution >= 0.6 is 0 Å². The molecule has 20 heavy (non-hydrogen) atoms. The molecule has 0 N–H and O–H groups in total. The summed E-state index contributed by atoms with van der Waals surface area (Å²) in [6, 6.07) is 5.54. The maximum absolute atomic E-state index is 11.6. The van der Waals surface area contributed by atoms with Gasteiger partial charge in [-0.15, -0.1) is 0 Å². The maximum Gasteiger partial charge on any atom is 0.313 e. The first-order valence-electron chi connectivity index (χ1n) is 6.57. The Hall–Kier alpha value is -2.04. The number of aryl methyl sites for hydroxylation is 1. The van der Waals surface area contributed by atoms with Crippen molar-refractivity contribution in [2.45, 2.75) is 26.7 Å². The molecule has 0 aliphatic heterocycles. The Kier molecular flexibility index (Phi) is 6.56. The highest BCUT2D eigenvalue weighted by molar-refractivity contribution is 5.96. The van der Waals surface area contributed by atoms with Gasteiger partial charge in [0.15, 0.2) is 17.3 Å². The molecule has 0 bridgehead atoms. The van der Waals surface area contributed by atoms with Crippen molar-refractivity contribution in [1.82, 2.24) is 0 Å². The fraction of sp³-hybridized carbons (Fsp3) is 0.467. The van der Waals surface area contributed by atoms with E-state index in [0.717, 1.165) is 12.0 Å². The molecule has 0 heterocycles. The van der Waals surface area contributed by atoms with E-state index in [0.29, 0.717) is 11.5 Å². The molecule has 0 aromatic heterocycles. The minimum absolute atomic E-state index is 0.180. The normalized spacial score (nSPS) is 9.95. The van der Waals surface area contributed by atoms with Gasteiger partial charge in [-0.25, -0.2) is 0 Å². The number of ether oxygens (including phenoxy) is 3. The number of ketones is 1. The summed E-state index contributed by atoms with van der Waals surface area (Å²) in [5.41, 5.74) is 1.12. The van der Waals surface area contributed by atoms with E-state index in [1.165, 1.54) is 0 Å². The van der Waals surface area contributed by atoms with Crippen LogP contribution in [0.2, 0.25) is 0 Å². The van der Waals surface area contributed by atoms with E-state index in [4.69, 9.17) is 14.2 Å². The lowest BCUT2D eigenvalue weighted by molar-refractivity contribution is -0.145. The smallest absolute Gasteiger partial charge is 0.313 e. The monoisotopic (exact) mass is 280 g/mol. The predicted octanol–water partition coefficient (Wildman–Crippen LogP) is 2.16. The van der Waals surface area contributed by atoms with Crippen LogP contribution < -0.4 is 9.47 Å². The minimum atomic E-state index is -0.533. The summed E-state index contributed by atoms with van der Waals surface area (Å²) in [6.07, 6.45) is 0.613. The first kappa shape index (κ1) is 16.0. The highest BCUT2D eigenvalue weighted by Crippen LogP contribution is 2.28. The van der Waals surface area contributed by atoms with Crippen molar-refractivity contribution in [3.63, 3.8) is 0 Å². The lowest BCUT2D eigenvalue weighted by Crippen LogP contribution is -2.17. The van der Waals surface area contributed by atoms with Crippen LogP contribution in [-0.2, 0) is 20.7 Å². The van der Waals surface area contributed by atoms with Gasteiger partial charge in [-0.1, -0.05) is 13.0 Å². The Labute approximate surface area is 118 Å². The Bertz CT molecular complexity index is 467. The molecule has 1 aromatic rings. The molecule has 110 valence electrons. The third-order valence-electron chi connectivity index (χ3n) is 2.67. The van der Waals surface area contributed by atoms with Crippen LogP contribution in [0.5, 0.6) is 11.5 Å². The second kappa shape index (κ2) is 8.19. The van der Waals surface area contributed by atoms with Crippen molar-refractivity contribution >= 4 is 11.8 Å². The van der Waals surface area contributed by atoms with Crippen LogP contribution in [-0.4, -0.2) is 32.1 Å².